The normalized spacial score (nSPS) is 15.0. The summed E-state index contributed by atoms with van der Waals surface area (Å²) < 4.78 is 1.43. The number of nitrogens with zero attached hydrogens (tertiary/aromatic N) is 3. The van der Waals surface area contributed by atoms with Crippen molar-refractivity contribution in [3.8, 4) is 11.8 Å². The van der Waals surface area contributed by atoms with Crippen LogP contribution < -0.4 is 10.9 Å². The third-order valence-electron chi connectivity index (χ3n) is 5.29. The summed E-state index contributed by atoms with van der Waals surface area (Å²) in [6, 6.07) is 14.2. The van der Waals surface area contributed by atoms with Crippen LogP contribution in [-0.2, 0) is 4.79 Å². The van der Waals surface area contributed by atoms with Crippen molar-refractivity contribution in [2.45, 2.75) is 36.4 Å². The summed E-state index contributed by atoms with van der Waals surface area (Å²) in [6.45, 7) is 0. The monoisotopic (exact) mass is 472 g/mol. The summed E-state index contributed by atoms with van der Waals surface area (Å²) in [5, 5.41) is 13.9. The SMILES string of the molecule is N#CC1(NC(=O)CSc2nc3ccccc3c(=O)n2-c2ccc(Cl)c(Cl)c2)CCCC1. The van der Waals surface area contributed by atoms with Crippen LogP contribution in [0.25, 0.3) is 16.6 Å². The number of nitriles is 1. The largest absolute Gasteiger partial charge is 0.337 e. The number of rotatable bonds is 5. The summed E-state index contributed by atoms with van der Waals surface area (Å²) >= 11 is 13.3. The van der Waals surface area contributed by atoms with Gasteiger partial charge in [-0.1, -0.05) is 47.1 Å². The molecule has 0 saturated heterocycles. The van der Waals surface area contributed by atoms with E-state index in [0.717, 1.165) is 24.6 Å². The standard InChI is InChI=1S/C22H18Cl2N4O2S/c23-16-8-7-14(11-17(16)24)28-20(30)15-5-1-2-6-18(15)26-21(28)31-12-19(29)27-22(13-25)9-3-4-10-22/h1-2,5-8,11H,3-4,9-10,12H2,(H,27,29). The Morgan fingerprint density at radius 3 is 2.65 bits per heavy atom. The van der Waals surface area contributed by atoms with Crippen LogP contribution in [0.2, 0.25) is 10.0 Å². The average molecular weight is 473 g/mol. The van der Waals surface area contributed by atoms with Gasteiger partial charge in [0.05, 0.1) is 38.5 Å². The van der Waals surface area contributed by atoms with Gasteiger partial charge in [-0.2, -0.15) is 5.26 Å². The molecule has 0 radical (unpaired) electrons. The lowest BCUT2D eigenvalue weighted by Gasteiger charge is -2.22. The Balaban J connectivity index is 1.69. The van der Waals surface area contributed by atoms with Gasteiger partial charge < -0.3 is 5.32 Å². The number of halogens is 2. The second-order valence-electron chi connectivity index (χ2n) is 7.39. The smallest absolute Gasteiger partial charge is 0.266 e. The topological polar surface area (TPSA) is 87.8 Å². The van der Waals surface area contributed by atoms with Crippen molar-refractivity contribution >= 4 is 51.8 Å². The van der Waals surface area contributed by atoms with Crippen LogP contribution in [0, 0.1) is 11.3 Å². The molecule has 0 spiro atoms. The fraction of sp³-hybridized carbons (Fsp3) is 0.273. The molecule has 1 aliphatic rings. The zero-order chi connectivity index (χ0) is 22.0. The van der Waals surface area contributed by atoms with Crippen LogP contribution in [-0.4, -0.2) is 26.8 Å². The highest BCUT2D eigenvalue weighted by Gasteiger charge is 2.35. The van der Waals surface area contributed by atoms with Crippen molar-refractivity contribution in [3.63, 3.8) is 0 Å². The van der Waals surface area contributed by atoms with Gasteiger partial charge in [0, 0.05) is 0 Å². The zero-order valence-corrected chi connectivity index (χ0v) is 18.7. The van der Waals surface area contributed by atoms with E-state index in [2.05, 4.69) is 16.4 Å². The summed E-state index contributed by atoms with van der Waals surface area (Å²) in [5.74, 6) is -0.244. The van der Waals surface area contributed by atoms with E-state index in [4.69, 9.17) is 23.2 Å². The van der Waals surface area contributed by atoms with Gasteiger partial charge in [0.2, 0.25) is 5.91 Å². The van der Waals surface area contributed by atoms with Crippen LogP contribution in [0.5, 0.6) is 0 Å². The molecule has 1 fully saturated rings. The van der Waals surface area contributed by atoms with E-state index in [0.29, 0.717) is 44.6 Å². The van der Waals surface area contributed by atoms with Crippen molar-refractivity contribution in [2.75, 3.05) is 5.75 Å². The number of nitrogens with one attached hydrogen (secondary N) is 1. The third-order valence-corrected chi connectivity index (χ3v) is 6.97. The zero-order valence-electron chi connectivity index (χ0n) is 16.4. The Kier molecular flexibility index (Phi) is 6.24. The third kappa shape index (κ3) is 4.42. The molecule has 158 valence electrons. The van der Waals surface area contributed by atoms with Crippen molar-refractivity contribution in [3.05, 3.63) is 62.9 Å². The predicted octanol–water partition coefficient (Wildman–Crippen LogP) is 4.74. The number of carbonyl (C=O) groups excluding carboxylic acids is 1. The Labute approximate surface area is 193 Å². The van der Waals surface area contributed by atoms with Crippen molar-refractivity contribution in [1.82, 2.24) is 14.9 Å². The Bertz CT molecular complexity index is 1260. The highest BCUT2D eigenvalue weighted by Crippen LogP contribution is 2.30. The molecular formula is C22H18Cl2N4O2S. The van der Waals surface area contributed by atoms with Crippen molar-refractivity contribution in [1.29, 1.82) is 5.26 Å². The van der Waals surface area contributed by atoms with Gasteiger partial charge in [-0.25, -0.2) is 4.98 Å². The highest BCUT2D eigenvalue weighted by molar-refractivity contribution is 7.99. The molecule has 1 N–H and O–H groups in total. The van der Waals surface area contributed by atoms with Crippen LogP contribution in [0.4, 0.5) is 0 Å². The Hall–Kier alpha value is -2.53. The van der Waals surface area contributed by atoms with Gasteiger partial charge >= 0.3 is 0 Å². The van der Waals surface area contributed by atoms with Gasteiger partial charge in [0.15, 0.2) is 5.16 Å². The number of carbonyl (C=O) groups is 1. The molecule has 1 aromatic heterocycles. The molecule has 4 rings (SSSR count). The molecule has 9 heteroatoms. The molecule has 2 aromatic carbocycles. The summed E-state index contributed by atoms with van der Waals surface area (Å²) in [6.07, 6.45) is 3.15. The Morgan fingerprint density at radius 1 is 1.19 bits per heavy atom. The summed E-state index contributed by atoms with van der Waals surface area (Å²) in [5.41, 5.74) is -0.0188. The highest BCUT2D eigenvalue weighted by atomic mass is 35.5. The number of amides is 1. The lowest BCUT2D eigenvalue weighted by Crippen LogP contribution is -2.45. The summed E-state index contributed by atoms with van der Waals surface area (Å²) in [4.78, 5) is 30.5. The first-order chi connectivity index (χ1) is 14.9. The number of hydrogen-bond acceptors (Lipinski definition) is 5. The van der Waals surface area contributed by atoms with Crippen LogP contribution in [0.3, 0.4) is 0 Å². The molecule has 0 bridgehead atoms. The minimum Gasteiger partial charge on any atom is -0.337 e. The number of benzene rings is 2. The van der Waals surface area contributed by atoms with E-state index in [-0.39, 0.29) is 17.2 Å². The molecule has 0 unspecified atom stereocenters. The van der Waals surface area contributed by atoms with Crippen LogP contribution >= 0.6 is 35.0 Å². The average Bonchev–Trinajstić information content (AvgIpc) is 3.23. The first-order valence-corrected chi connectivity index (χ1v) is 11.5. The fourth-order valence-electron chi connectivity index (χ4n) is 3.74. The first kappa shape index (κ1) is 21.7. The van der Waals surface area contributed by atoms with E-state index < -0.39 is 5.54 Å². The van der Waals surface area contributed by atoms with Gasteiger partial charge in [0.1, 0.15) is 5.54 Å². The molecule has 1 saturated carbocycles. The summed E-state index contributed by atoms with van der Waals surface area (Å²) in [7, 11) is 0. The second kappa shape index (κ2) is 8.91. The number of hydrogen-bond donors (Lipinski definition) is 1. The van der Waals surface area contributed by atoms with E-state index in [1.165, 1.54) is 4.57 Å². The van der Waals surface area contributed by atoms with Crippen molar-refractivity contribution in [2.24, 2.45) is 0 Å². The number of thioether (sulfide) groups is 1. The van der Waals surface area contributed by atoms with Gasteiger partial charge in [-0.15, -0.1) is 0 Å². The minimum absolute atomic E-state index is 0.0233. The molecule has 0 aliphatic heterocycles. The van der Waals surface area contributed by atoms with Crippen LogP contribution in [0.15, 0.2) is 52.4 Å². The maximum atomic E-state index is 13.3. The molecular weight excluding hydrogens is 455 g/mol. The fourth-order valence-corrected chi connectivity index (χ4v) is 4.84. The van der Waals surface area contributed by atoms with Crippen LogP contribution in [0.1, 0.15) is 25.7 Å². The molecule has 6 nitrogen and oxygen atoms in total. The van der Waals surface area contributed by atoms with Gasteiger partial charge in [-0.3, -0.25) is 14.2 Å². The van der Waals surface area contributed by atoms with Gasteiger partial charge in [-0.05, 0) is 56.0 Å². The van der Waals surface area contributed by atoms with Crippen molar-refractivity contribution < 1.29 is 4.79 Å². The molecule has 1 amide bonds. The maximum absolute atomic E-state index is 13.3. The van der Waals surface area contributed by atoms with E-state index >= 15 is 0 Å². The number of fused-ring (bicyclic) bond motifs is 1. The lowest BCUT2D eigenvalue weighted by molar-refractivity contribution is -0.119. The molecule has 0 atom stereocenters. The van der Waals surface area contributed by atoms with Gasteiger partial charge in [0.25, 0.3) is 5.56 Å². The van der Waals surface area contributed by atoms with E-state index in [9.17, 15) is 14.9 Å². The van der Waals surface area contributed by atoms with E-state index in [1.54, 1.807) is 42.5 Å². The quantitative estimate of drug-likeness (QED) is 0.427. The molecule has 31 heavy (non-hydrogen) atoms. The number of para-hydroxylation sites is 1. The predicted molar refractivity (Wildman–Crippen MR) is 123 cm³/mol. The second-order valence-corrected chi connectivity index (χ2v) is 9.15. The van der Waals surface area contributed by atoms with E-state index in [1.807, 2.05) is 0 Å². The lowest BCUT2D eigenvalue weighted by atomic mass is 10.0. The minimum atomic E-state index is -0.794. The molecule has 1 heterocycles. The molecule has 1 aliphatic carbocycles. The number of aromatic nitrogens is 2. The maximum Gasteiger partial charge on any atom is 0.266 e. The first-order valence-electron chi connectivity index (χ1n) is 9.75. The molecule has 3 aromatic rings. The Morgan fingerprint density at radius 2 is 1.94 bits per heavy atom.